The smallest absolute Gasteiger partial charge is 0.197 e. The van der Waals surface area contributed by atoms with Crippen LogP contribution < -0.4 is 9.47 Å². The molecule has 0 bridgehead atoms. The average Bonchev–Trinajstić information content (AvgIpc) is 2.39. The van der Waals surface area contributed by atoms with Gasteiger partial charge in [-0.2, -0.15) is 0 Å². The largest absolute Gasteiger partial charge is 0.493 e. The van der Waals surface area contributed by atoms with Gasteiger partial charge in [-0.15, -0.1) is 0 Å². The number of methoxy groups -OCH3 is 2. The number of ether oxygens (including phenoxy) is 2. The summed E-state index contributed by atoms with van der Waals surface area (Å²) < 4.78 is 24.3. The van der Waals surface area contributed by atoms with E-state index in [2.05, 4.69) is 0 Å². The van der Waals surface area contributed by atoms with Crippen molar-refractivity contribution in [3.05, 3.63) is 48.3 Å². The average molecular weight is 232 g/mol. The molecule has 0 spiro atoms. The van der Waals surface area contributed by atoms with E-state index in [1.807, 2.05) is 30.3 Å². The molecule has 2 rings (SSSR count). The van der Waals surface area contributed by atoms with Gasteiger partial charge < -0.3 is 9.47 Å². The molecule has 0 aromatic heterocycles. The van der Waals surface area contributed by atoms with Crippen LogP contribution in [0.4, 0.5) is 4.39 Å². The lowest BCUT2D eigenvalue weighted by Gasteiger charge is -2.11. The van der Waals surface area contributed by atoms with Crippen molar-refractivity contribution < 1.29 is 13.9 Å². The maximum atomic E-state index is 14.2. The molecule has 0 heterocycles. The summed E-state index contributed by atoms with van der Waals surface area (Å²) in [5, 5.41) is 0. The van der Waals surface area contributed by atoms with Crippen LogP contribution in [0.3, 0.4) is 0 Å². The zero-order valence-corrected chi connectivity index (χ0v) is 9.74. The van der Waals surface area contributed by atoms with Gasteiger partial charge in [-0.3, -0.25) is 0 Å². The molecule has 0 amide bonds. The van der Waals surface area contributed by atoms with Gasteiger partial charge in [-0.1, -0.05) is 30.3 Å². The molecule has 3 heteroatoms. The van der Waals surface area contributed by atoms with Gasteiger partial charge in [0.1, 0.15) is 0 Å². The summed E-state index contributed by atoms with van der Waals surface area (Å²) in [6.45, 7) is 0. The van der Waals surface area contributed by atoms with Crippen LogP contribution >= 0.6 is 0 Å². The molecule has 0 saturated carbocycles. The molecule has 0 N–H and O–H groups in total. The highest BCUT2D eigenvalue weighted by Crippen LogP contribution is 2.36. The Balaban J connectivity index is 2.57. The summed E-state index contributed by atoms with van der Waals surface area (Å²) in [4.78, 5) is 0. The van der Waals surface area contributed by atoms with E-state index in [9.17, 15) is 4.39 Å². The normalized spacial score (nSPS) is 10.1. The zero-order chi connectivity index (χ0) is 12.3. The summed E-state index contributed by atoms with van der Waals surface area (Å²) in [7, 11) is 2.91. The molecule has 0 fully saturated rings. The van der Waals surface area contributed by atoms with Crippen molar-refractivity contribution in [2.45, 2.75) is 0 Å². The summed E-state index contributed by atoms with van der Waals surface area (Å²) in [6, 6.07) is 12.7. The van der Waals surface area contributed by atoms with Crippen molar-refractivity contribution in [1.29, 1.82) is 0 Å². The van der Waals surface area contributed by atoms with Crippen molar-refractivity contribution in [2.24, 2.45) is 0 Å². The van der Waals surface area contributed by atoms with Crippen LogP contribution in [0.15, 0.2) is 42.5 Å². The first-order valence-corrected chi connectivity index (χ1v) is 5.24. The standard InChI is InChI=1S/C14H13FO2/c1-16-12-9-8-11(13(15)14(12)17-2)10-6-4-3-5-7-10/h3-9H,1-2H3. The van der Waals surface area contributed by atoms with E-state index in [1.165, 1.54) is 14.2 Å². The van der Waals surface area contributed by atoms with E-state index >= 15 is 0 Å². The van der Waals surface area contributed by atoms with Gasteiger partial charge in [0.2, 0.25) is 0 Å². The van der Waals surface area contributed by atoms with Gasteiger partial charge in [-0.25, -0.2) is 4.39 Å². The van der Waals surface area contributed by atoms with Crippen LogP contribution in [-0.4, -0.2) is 14.2 Å². The van der Waals surface area contributed by atoms with Crippen LogP contribution in [0.5, 0.6) is 11.5 Å². The third-order valence-electron chi connectivity index (χ3n) is 2.57. The third-order valence-corrected chi connectivity index (χ3v) is 2.57. The predicted molar refractivity (Wildman–Crippen MR) is 64.9 cm³/mol. The highest BCUT2D eigenvalue weighted by molar-refractivity contribution is 5.68. The number of halogens is 1. The quantitative estimate of drug-likeness (QED) is 0.806. The second-order valence-electron chi connectivity index (χ2n) is 3.53. The number of rotatable bonds is 3. The molecule has 0 radical (unpaired) electrons. The van der Waals surface area contributed by atoms with Gasteiger partial charge >= 0.3 is 0 Å². The molecular weight excluding hydrogens is 219 g/mol. The minimum absolute atomic E-state index is 0.133. The fraction of sp³-hybridized carbons (Fsp3) is 0.143. The fourth-order valence-electron chi connectivity index (χ4n) is 1.73. The molecule has 2 nitrogen and oxygen atoms in total. The summed E-state index contributed by atoms with van der Waals surface area (Å²) in [6.07, 6.45) is 0. The van der Waals surface area contributed by atoms with Gasteiger partial charge in [0.15, 0.2) is 17.3 Å². The molecule has 17 heavy (non-hydrogen) atoms. The minimum atomic E-state index is -0.405. The first-order chi connectivity index (χ1) is 8.27. The van der Waals surface area contributed by atoms with Gasteiger partial charge in [0.25, 0.3) is 0 Å². The van der Waals surface area contributed by atoms with Gasteiger partial charge in [-0.05, 0) is 17.7 Å². The van der Waals surface area contributed by atoms with Gasteiger partial charge in [0.05, 0.1) is 14.2 Å². The third kappa shape index (κ3) is 2.09. The molecule has 0 unspecified atom stereocenters. The zero-order valence-electron chi connectivity index (χ0n) is 9.74. The molecule has 0 atom stereocenters. The first-order valence-electron chi connectivity index (χ1n) is 5.24. The Labute approximate surface area is 99.6 Å². The fourth-order valence-corrected chi connectivity index (χ4v) is 1.73. The maximum Gasteiger partial charge on any atom is 0.197 e. The molecule has 88 valence electrons. The van der Waals surface area contributed by atoms with Crippen LogP contribution in [-0.2, 0) is 0 Å². The van der Waals surface area contributed by atoms with E-state index in [0.29, 0.717) is 11.3 Å². The molecule has 2 aromatic rings. The molecule has 0 saturated heterocycles. The Kier molecular flexibility index (Phi) is 3.28. The number of benzene rings is 2. The Morgan fingerprint density at radius 2 is 1.59 bits per heavy atom. The second-order valence-corrected chi connectivity index (χ2v) is 3.53. The number of hydrogen-bond acceptors (Lipinski definition) is 2. The highest BCUT2D eigenvalue weighted by Gasteiger charge is 2.15. The summed E-state index contributed by atoms with van der Waals surface area (Å²) >= 11 is 0. The van der Waals surface area contributed by atoms with E-state index in [-0.39, 0.29) is 5.75 Å². The van der Waals surface area contributed by atoms with E-state index < -0.39 is 5.82 Å². The minimum Gasteiger partial charge on any atom is -0.493 e. The lowest BCUT2D eigenvalue weighted by Crippen LogP contribution is -1.95. The van der Waals surface area contributed by atoms with E-state index in [1.54, 1.807) is 12.1 Å². The molecule has 0 aliphatic carbocycles. The summed E-state index contributed by atoms with van der Waals surface area (Å²) in [5.74, 6) is 0.122. The monoisotopic (exact) mass is 232 g/mol. The SMILES string of the molecule is COc1ccc(-c2ccccc2)c(F)c1OC. The molecule has 0 aliphatic heterocycles. The Hall–Kier alpha value is -2.03. The maximum absolute atomic E-state index is 14.2. The Morgan fingerprint density at radius 1 is 0.882 bits per heavy atom. The van der Waals surface area contributed by atoms with Crippen molar-refractivity contribution >= 4 is 0 Å². The number of hydrogen-bond donors (Lipinski definition) is 0. The second kappa shape index (κ2) is 4.87. The summed E-state index contributed by atoms with van der Waals surface area (Å²) in [5.41, 5.74) is 1.31. The Bertz CT molecular complexity index is 509. The lowest BCUT2D eigenvalue weighted by atomic mass is 10.0. The van der Waals surface area contributed by atoms with Crippen molar-refractivity contribution in [3.63, 3.8) is 0 Å². The van der Waals surface area contributed by atoms with Crippen molar-refractivity contribution in [3.8, 4) is 22.6 Å². The topological polar surface area (TPSA) is 18.5 Å². The van der Waals surface area contributed by atoms with Crippen LogP contribution in [0, 0.1) is 5.82 Å². The van der Waals surface area contributed by atoms with Crippen molar-refractivity contribution in [1.82, 2.24) is 0 Å². The molecule has 0 aliphatic rings. The van der Waals surface area contributed by atoms with Crippen LogP contribution in [0.25, 0.3) is 11.1 Å². The first kappa shape index (κ1) is 11.5. The van der Waals surface area contributed by atoms with Crippen LogP contribution in [0.1, 0.15) is 0 Å². The van der Waals surface area contributed by atoms with E-state index in [0.717, 1.165) is 5.56 Å². The molecule has 2 aromatic carbocycles. The van der Waals surface area contributed by atoms with Gasteiger partial charge in [0, 0.05) is 5.56 Å². The Morgan fingerprint density at radius 3 is 2.18 bits per heavy atom. The molecular formula is C14H13FO2. The van der Waals surface area contributed by atoms with E-state index in [4.69, 9.17) is 9.47 Å². The lowest BCUT2D eigenvalue weighted by molar-refractivity contribution is 0.338. The van der Waals surface area contributed by atoms with Crippen molar-refractivity contribution in [2.75, 3.05) is 14.2 Å². The predicted octanol–water partition coefficient (Wildman–Crippen LogP) is 3.51. The highest BCUT2D eigenvalue weighted by atomic mass is 19.1. The van der Waals surface area contributed by atoms with Crippen LogP contribution in [0.2, 0.25) is 0 Å².